The Bertz CT molecular complexity index is 1030. The van der Waals surface area contributed by atoms with Crippen LogP contribution in [-0.2, 0) is 4.74 Å². The average molecular weight is 388 g/mol. The van der Waals surface area contributed by atoms with Crippen LogP contribution in [0.2, 0.25) is 0 Å². The van der Waals surface area contributed by atoms with E-state index in [1.807, 2.05) is 18.4 Å². The van der Waals surface area contributed by atoms with Crippen molar-refractivity contribution in [1.29, 1.82) is 0 Å². The van der Waals surface area contributed by atoms with Gasteiger partial charge in [-0.1, -0.05) is 12.1 Å². The zero-order valence-electron chi connectivity index (χ0n) is 14.4. The van der Waals surface area contributed by atoms with Crippen molar-refractivity contribution in [3.63, 3.8) is 0 Å². The molecule has 8 heteroatoms. The quantitative estimate of drug-likeness (QED) is 0.671. The van der Waals surface area contributed by atoms with Gasteiger partial charge in [-0.3, -0.25) is 4.79 Å². The third-order valence-corrected chi connectivity index (χ3v) is 4.71. The van der Waals surface area contributed by atoms with Gasteiger partial charge in [0.05, 0.1) is 18.4 Å². The molecule has 3 aromatic rings. The Morgan fingerprint density at radius 3 is 2.59 bits per heavy atom. The maximum Gasteiger partial charge on any atom is 0.340 e. The number of amides is 1. The molecule has 0 unspecified atom stereocenters. The Hall–Kier alpha value is -3.13. The number of rotatable bonds is 4. The first-order valence-electron chi connectivity index (χ1n) is 7.80. The number of aromatic nitrogens is 1. The lowest BCUT2D eigenvalue weighted by atomic mass is 10.1. The Morgan fingerprint density at radius 1 is 1.15 bits per heavy atom. The second-order valence-electron chi connectivity index (χ2n) is 5.63. The van der Waals surface area contributed by atoms with Gasteiger partial charge in [0.2, 0.25) is 0 Å². The first-order chi connectivity index (χ1) is 12.9. The van der Waals surface area contributed by atoms with E-state index in [4.69, 9.17) is 0 Å². The molecule has 0 fully saturated rings. The summed E-state index contributed by atoms with van der Waals surface area (Å²) in [7, 11) is 1.08. The number of aryl methyl sites for hydroxylation is 1. The standard InChI is InChI=1S/C19H14F2N2O3S/c1-10-9-27-18(22-10)12-5-3-4-11(6-12)17(24)23-16-7-13(19(25)26-2)14(20)8-15(16)21/h3-9H,1-2H3,(H,23,24). The number of thiazole rings is 1. The molecule has 0 radical (unpaired) electrons. The summed E-state index contributed by atoms with van der Waals surface area (Å²) in [5.74, 6) is -3.64. The SMILES string of the molecule is COC(=O)c1cc(NC(=O)c2cccc(-c3nc(C)cs3)c2)c(F)cc1F. The van der Waals surface area contributed by atoms with Crippen molar-refractivity contribution < 1.29 is 23.1 Å². The molecule has 0 saturated carbocycles. The number of methoxy groups -OCH3 is 1. The molecule has 1 amide bonds. The molecule has 1 N–H and O–H groups in total. The van der Waals surface area contributed by atoms with Crippen molar-refractivity contribution in [2.24, 2.45) is 0 Å². The largest absolute Gasteiger partial charge is 0.465 e. The molecule has 138 valence electrons. The van der Waals surface area contributed by atoms with Crippen molar-refractivity contribution >= 4 is 28.9 Å². The van der Waals surface area contributed by atoms with Crippen LogP contribution in [0.1, 0.15) is 26.4 Å². The van der Waals surface area contributed by atoms with Gasteiger partial charge in [-0.2, -0.15) is 0 Å². The highest BCUT2D eigenvalue weighted by atomic mass is 32.1. The predicted molar refractivity (Wildman–Crippen MR) is 97.9 cm³/mol. The van der Waals surface area contributed by atoms with Gasteiger partial charge in [-0.05, 0) is 25.1 Å². The zero-order valence-corrected chi connectivity index (χ0v) is 15.2. The minimum Gasteiger partial charge on any atom is -0.465 e. The highest BCUT2D eigenvalue weighted by Crippen LogP contribution is 2.25. The summed E-state index contributed by atoms with van der Waals surface area (Å²) in [6.45, 7) is 1.87. The van der Waals surface area contributed by atoms with Crippen LogP contribution in [0.3, 0.4) is 0 Å². The monoisotopic (exact) mass is 388 g/mol. The van der Waals surface area contributed by atoms with Crippen LogP contribution in [0.5, 0.6) is 0 Å². The molecule has 1 heterocycles. The van der Waals surface area contributed by atoms with Gasteiger partial charge in [0, 0.05) is 28.3 Å². The van der Waals surface area contributed by atoms with Gasteiger partial charge in [0.25, 0.3) is 5.91 Å². The zero-order chi connectivity index (χ0) is 19.6. The third kappa shape index (κ3) is 4.01. The lowest BCUT2D eigenvalue weighted by Crippen LogP contribution is -2.15. The van der Waals surface area contributed by atoms with E-state index in [2.05, 4.69) is 15.0 Å². The van der Waals surface area contributed by atoms with Gasteiger partial charge >= 0.3 is 5.97 Å². The Kier molecular flexibility index (Phi) is 5.27. The summed E-state index contributed by atoms with van der Waals surface area (Å²) < 4.78 is 32.2. The van der Waals surface area contributed by atoms with Crippen molar-refractivity contribution in [2.45, 2.75) is 6.92 Å². The summed E-state index contributed by atoms with van der Waals surface area (Å²) in [6, 6.07) is 8.10. The molecular formula is C19H14F2N2O3S. The number of nitrogens with one attached hydrogen (secondary N) is 1. The number of halogens is 2. The van der Waals surface area contributed by atoms with Gasteiger partial charge in [-0.15, -0.1) is 11.3 Å². The number of anilines is 1. The molecule has 5 nitrogen and oxygen atoms in total. The summed E-state index contributed by atoms with van der Waals surface area (Å²) >= 11 is 1.44. The van der Waals surface area contributed by atoms with Crippen LogP contribution >= 0.6 is 11.3 Å². The summed E-state index contributed by atoms with van der Waals surface area (Å²) in [4.78, 5) is 28.4. The predicted octanol–water partition coefficient (Wildman–Crippen LogP) is 4.44. The maximum absolute atomic E-state index is 14.0. The van der Waals surface area contributed by atoms with Crippen molar-refractivity contribution in [1.82, 2.24) is 4.98 Å². The van der Waals surface area contributed by atoms with Gasteiger partial charge in [0.1, 0.15) is 16.6 Å². The van der Waals surface area contributed by atoms with Crippen LogP contribution in [0.15, 0.2) is 41.8 Å². The third-order valence-electron chi connectivity index (χ3n) is 3.70. The van der Waals surface area contributed by atoms with Crippen LogP contribution in [0.4, 0.5) is 14.5 Å². The van der Waals surface area contributed by atoms with E-state index in [0.29, 0.717) is 6.07 Å². The van der Waals surface area contributed by atoms with Crippen LogP contribution in [0.25, 0.3) is 10.6 Å². The fourth-order valence-corrected chi connectivity index (χ4v) is 3.18. The number of benzene rings is 2. The highest BCUT2D eigenvalue weighted by molar-refractivity contribution is 7.13. The molecule has 0 bridgehead atoms. The van der Waals surface area contributed by atoms with E-state index in [-0.39, 0.29) is 11.3 Å². The molecule has 27 heavy (non-hydrogen) atoms. The van der Waals surface area contributed by atoms with Crippen molar-refractivity contribution in [3.05, 3.63) is 70.2 Å². The van der Waals surface area contributed by atoms with E-state index in [9.17, 15) is 18.4 Å². The number of carbonyl (C=O) groups is 2. The normalized spacial score (nSPS) is 10.5. The number of ether oxygens (including phenoxy) is 1. The summed E-state index contributed by atoms with van der Waals surface area (Å²) in [6.07, 6.45) is 0. The lowest BCUT2D eigenvalue weighted by Gasteiger charge is -2.10. The summed E-state index contributed by atoms with van der Waals surface area (Å²) in [5, 5.41) is 5.00. The van der Waals surface area contributed by atoms with E-state index >= 15 is 0 Å². The van der Waals surface area contributed by atoms with Crippen LogP contribution in [0, 0.1) is 18.6 Å². The Labute approximate surface area is 157 Å². The van der Waals surface area contributed by atoms with Gasteiger partial charge < -0.3 is 10.1 Å². The lowest BCUT2D eigenvalue weighted by molar-refractivity contribution is 0.0595. The van der Waals surface area contributed by atoms with E-state index in [1.165, 1.54) is 11.3 Å². The molecule has 0 spiro atoms. The summed E-state index contributed by atoms with van der Waals surface area (Å²) in [5.41, 5.74) is 1.09. The molecule has 0 saturated heterocycles. The fourth-order valence-electron chi connectivity index (χ4n) is 2.39. The Morgan fingerprint density at radius 2 is 1.93 bits per heavy atom. The molecule has 0 aliphatic heterocycles. The van der Waals surface area contributed by atoms with Crippen molar-refractivity contribution in [2.75, 3.05) is 12.4 Å². The molecular weight excluding hydrogens is 374 g/mol. The van der Waals surface area contributed by atoms with E-state index in [1.54, 1.807) is 18.2 Å². The fraction of sp³-hybridized carbons (Fsp3) is 0.105. The minimum absolute atomic E-state index is 0.267. The van der Waals surface area contributed by atoms with Gasteiger partial charge in [0.15, 0.2) is 0 Å². The number of hydrogen-bond donors (Lipinski definition) is 1. The second kappa shape index (κ2) is 7.63. The van der Waals surface area contributed by atoms with Gasteiger partial charge in [-0.25, -0.2) is 18.6 Å². The first-order valence-corrected chi connectivity index (χ1v) is 8.68. The molecule has 0 atom stereocenters. The molecule has 0 aliphatic carbocycles. The number of hydrogen-bond acceptors (Lipinski definition) is 5. The number of carbonyl (C=O) groups excluding carboxylic acids is 2. The highest BCUT2D eigenvalue weighted by Gasteiger charge is 2.18. The smallest absolute Gasteiger partial charge is 0.340 e. The molecule has 2 aromatic carbocycles. The number of esters is 1. The molecule has 1 aromatic heterocycles. The van der Waals surface area contributed by atoms with E-state index in [0.717, 1.165) is 29.4 Å². The van der Waals surface area contributed by atoms with Crippen molar-refractivity contribution in [3.8, 4) is 10.6 Å². The second-order valence-corrected chi connectivity index (χ2v) is 6.49. The topological polar surface area (TPSA) is 68.3 Å². The van der Waals surface area contributed by atoms with Crippen LogP contribution < -0.4 is 5.32 Å². The van der Waals surface area contributed by atoms with Crippen LogP contribution in [-0.4, -0.2) is 24.0 Å². The maximum atomic E-state index is 14.0. The molecule has 0 aliphatic rings. The minimum atomic E-state index is -1.07. The Balaban J connectivity index is 1.89. The average Bonchev–Trinajstić information content (AvgIpc) is 3.09. The van der Waals surface area contributed by atoms with E-state index < -0.39 is 29.1 Å². The first kappa shape index (κ1) is 18.7. The number of nitrogens with zero attached hydrogens (tertiary/aromatic N) is 1. The molecule has 3 rings (SSSR count).